The second-order valence-electron chi connectivity index (χ2n) is 6.09. The van der Waals surface area contributed by atoms with Crippen LogP contribution in [0.1, 0.15) is 32.9 Å². The van der Waals surface area contributed by atoms with E-state index in [1.165, 1.54) is 18.3 Å². The first kappa shape index (κ1) is 17.9. The van der Waals surface area contributed by atoms with E-state index in [1.807, 2.05) is 32.0 Å². The predicted octanol–water partition coefficient (Wildman–Crippen LogP) is 2.74. The molecule has 2 aromatic heterocycles. The fourth-order valence-corrected chi connectivity index (χ4v) is 3.90. The van der Waals surface area contributed by atoms with Gasteiger partial charge in [-0.05, 0) is 43.7 Å². The zero-order valence-corrected chi connectivity index (χ0v) is 15.3. The van der Waals surface area contributed by atoms with Crippen LogP contribution in [0.15, 0.2) is 59.8 Å². The molecule has 0 bridgehead atoms. The Bertz CT molecular complexity index is 1040. The molecule has 0 aliphatic heterocycles. The quantitative estimate of drug-likeness (QED) is 0.723. The number of aromatic nitrogens is 2. The Labute approximate surface area is 152 Å². The van der Waals surface area contributed by atoms with Crippen molar-refractivity contribution in [2.45, 2.75) is 25.2 Å². The van der Waals surface area contributed by atoms with Crippen molar-refractivity contribution in [2.75, 3.05) is 0 Å². The lowest BCUT2D eigenvalue weighted by Gasteiger charge is -2.12. The first-order valence-corrected chi connectivity index (χ1v) is 9.55. The molecule has 3 rings (SSSR count). The molecule has 0 fully saturated rings. The number of H-pyrrole nitrogens is 1. The smallest absolute Gasteiger partial charge is 0.266 e. The van der Waals surface area contributed by atoms with E-state index in [4.69, 9.17) is 0 Å². The lowest BCUT2D eigenvalue weighted by atomic mass is 10.1. The molecule has 0 radical (unpaired) electrons. The number of sulfonamides is 1. The summed E-state index contributed by atoms with van der Waals surface area (Å²) >= 11 is 0. The summed E-state index contributed by atoms with van der Waals surface area (Å²) in [7, 11) is -4.00. The molecule has 0 atom stereocenters. The fourth-order valence-electron chi connectivity index (χ4n) is 2.70. The van der Waals surface area contributed by atoms with Gasteiger partial charge in [0.05, 0.1) is 10.5 Å². The number of pyridine rings is 1. The average molecular weight is 369 g/mol. The van der Waals surface area contributed by atoms with Gasteiger partial charge in [0.15, 0.2) is 0 Å². The van der Waals surface area contributed by atoms with Gasteiger partial charge in [-0.25, -0.2) is 13.1 Å². The molecule has 1 amide bonds. The van der Waals surface area contributed by atoms with E-state index < -0.39 is 15.9 Å². The van der Waals surface area contributed by atoms with Crippen LogP contribution in [0.4, 0.5) is 0 Å². The number of nitrogens with one attached hydrogen (secondary N) is 2. The Morgan fingerprint density at radius 3 is 2.65 bits per heavy atom. The van der Waals surface area contributed by atoms with Crippen LogP contribution in [-0.4, -0.2) is 24.3 Å². The van der Waals surface area contributed by atoms with Crippen LogP contribution in [0.5, 0.6) is 0 Å². The molecular formula is C19H19N3O3S. The van der Waals surface area contributed by atoms with Gasteiger partial charge >= 0.3 is 0 Å². The molecule has 0 saturated heterocycles. The number of aromatic amines is 1. The molecule has 0 saturated carbocycles. The molecule has 0 aliphatic rings. The maximum atomic E-state index is 12.8. The minimum absolute atomic E-state index is 0.0790. The summed E-state index contributed by atoms with van der Waals surface area (Å²) in [5.74, 6) is -0.675. The van der Waals surface area contributed by atoms with Gasteiger partial charge in [0.25, 0.3) is 15.9 Å². The SMILES string of the molecule is Cc1ccc(S(=O)(=O)NC(=O)c2cc[nH]c2)c(Cc2cccc(C)n2)c1. The van der Waals surface area contributed by atoms with E-state index in [-0.39, 0.29) is 10.5 Å². The van der Waals surface area contributed by atoms with E-state index in [9.17, 15) is 13.2 Å². The van der Waals surface area contributed by atoms with Gasteiger partial charge in [0.2, 0.25) is 0 Å². The zero-order valence-electron chi connectivity index (χ0n) is 14.5. The summed E-state index contributed by atoms with van der Waals surface area (Å²) in [5, 5.41) is 0. The van der Waals surface area contributed by atoms with Gasteiger partial charge in [-0.3, -0.25) is 9.78 Å². The number of carbonyl (C=O) groups excluding carboxylic acids is 1. The lowest BCUT2D eigenvalue weighted by Crippen LogP contribution is -2.31. The summed E-state index contributed by atoms with van der Waals surface area (Å²) in [6.45, 7) is 3.77. The van der Waals surface area contributed by atoms with Crippen molar-refractivity contribution in [1.29, 1.82) is 0 Å². The maximum absolute atomic E-state index is 12.8. The minimum Gasteiger partial charge on any atom is -0.367 e. The molecule has 1 aromatic carbocycles. The van der Waals surface area contributed by atoms with Crippen LogP contribution < -0.4 is 4.72 Å². The number of aryl methyl sites for hydroxylation is 2. The van der Waals surface area contributed by atoms with Crippen LogP contribution in [0, 0.1) is 13.8 Å². The van der Waals surface area contributed by atoms with E-state index in [1.54, 1.807) is 18.3 Å². The summed E-state index contributed by atoms with van der Waals surface area (Å²) in [5.41, 5.74) is 3.41. The molecule has 134 valence electrons. The highest BCUT2D eigenvalue weighted by atomic mass is 32.2. The number of carbonyl (C=O) groups is 1. The van der Waals surface area contributed by atoms with Crippen molar-refractivity contribution >= 4 is 15.9 Å². The van der Waals surface area contributed by atoms with Crippen LogP contribution in [-0.2, 0) is 16.4 Å². The summed E-state index contributed by atoms with van der Waals surface area (Å²) < 4.78 is 27.7. The van der Waals surface area contributed by atoms with Gasteiger partial charge in [0, 0.05) is 30.2 Å². The molecular weight excluding hydrogens is 350 g/mol. The summed E-state index contributed by atoms with van der Waals surface area (Å²) in [6, 6.07) is 12.2. The Morgan fingerprint density at radius 2 is 1.96 bits per heavy atom. The summed E-state index contributed by atoms with van der Waals surface area (Å²) in [6.07, 6.45) is 3.36. The standard InChI is InChI=1S/C19H19N3O3S/c1-13-6-7-18(16(10-13)11-17-5-3-4-14(2)21-17)26(24,25)22-19(23)15-8-9-20-12-15/h3-10,12,20H,11H2,1-2H3,(H,22,23). The van der Waals surface area contributed by atoms with E-state index in [0.717, 1.165) is 17.0 Å². The topological polar surface area (TPSA) is 91.9 Å². The molecule has 0 aliphatic carbocycles. The monoisotopic (exact) mass is 369 g/mol. The van der Waals surface area contributed by atoms with Crippen molar-refractivity contribution in [3.05, 3.63) is 82.9 Å². The number of hydrogen-bond acceptors (Lipinski definition) is 4. The van der Waals surface area contributed by atoms with Gasteiger partial charge in [-0.2, -0.15) is 0 Å². The van der Waals surface area contributed by atoms with Crippen LogP contribution >= 0.6 is 0 Å². The highest BCUT2D eigenvalue weighted by Gasteiger charge is 2.22. The van der Waals surface area contributed by atoms with Crippen LogP contribution in [0.2, 0.25) is 0 Å². The molecule has 2 heterocycles. The second-order valence-corrected chi connectivity index (χ2v) is 7.74. The third-order valence-corrected chi connectivity index (χ3v) is 5.34. The third-order valence-electron chi connectivity index (χ3n) is 3.91. The first-order valence-electron chi connectivity index (χ1n) is 8.07. The number of amides is 1. The largest absolute Gasteiger partial charge is 0.367 e. The third kappa shape index (κ3) is 4.00. The van der Waals surface area contributed by atoms with Gasteiger partial charge in [0.1, 0.15) is 0 Å². The Balaban J connectivity index is 1.95. The zero-order chi connectivity index (χ0) is 18.7. The Morgan fingerprint density at radius 1 is 1.15 bits per heavy atom. The molecule has 0 unspecified atom stereocenters. The van der Waals surface area contributed by atoms with Crippen molar-refractivity contribution in [3.8, 4) is 0 Å². The van der Waals surface area contributed by atoms with Crippen molar-refractivity contribution in [1.82, 2.24) is 14.7 Å². The highest BCUT2D eigenvalue weighted by molar-refractivity contribution is 7.90. The predicted molar refractivity (Wildman–Crippen MR) is 98.4 cm³/mol. The van der Waals surface area contributed by atoms with Crippen LogP contribution in [0.25, 0.3) is 0 Å². The van der Waals surface area contributed by atoms with Gasteiger partial charge in [-0.1, -0.05) is 23.8 Å². The van der Waals surface area contributed by atoms with Crippen molar-refractivity contribution in [2.24, 2.45) is 0 Å². The molecule has 6 nitrogen and oxygen atoms in total. The first-order chi connectivity index (χ1) is 12.3. The summed E-state index contributed by atoms with van der Waals surface area (Å²) in [4.78, 5) is 19.4. The number of rotatable bonds is 5. The lowest BCUT2D eigenvalue weighted by molar-refractivity contribution is 0.0981. The highest BCUT2D eigenvalue weighted by Crippen LogP contribution is 2.21. The second kappa shape index (κ2) is 7.13. The van der Waals surface area contributed by atoms with Crippen molar-refractivity contribution in [3.63, 3.8) is 0 Å². The Kier molecular flexibility index (Phi) is 4.90. The van der Waals surface area contributed by atoms with Crippen molar-refractivity contribution < 1.29 is 13.2 Å². The van der Waals surface area contributed by atoms with Gasteiger partial charge < -0.3 is 4.98 Å². The molecule has 26 heavy (non-hydrogen) atoms. The maximum Gasteiger partial charge on any atom is 0.266 e. The normalized spacial score (nSPS) is 11.3. The molecule has 0 spiro atoms. The van der Waals surface area contributed by atoms with E-state index >= 15 is 0 Å². The van der Waals surface area contributed by atoms with Crippen LogP contribution in [0.3, 0.4) is 0 Å². The fraction of sp³-hybridized carbons (Fsp3) is 0.158. The molecule has 3 aromatic rings. The van der Waals surface area contributed by atoms with E-state index in [0.29, 0.717) is 12.0 Å². The van der Waals surface area contributed by atoms with Gasteiger partial charge in [-0.15, -0.1) is 0 Å². The van der Waals surface area contributed by atoms with E-state index in [2.05, 4.69) is 14.7 Å². The number of hydrogen-bond donors (Lipinski definition) is 2. The minimum atomic E-state index is -4.00. The number of benzene rings is 1. The average Bonchev–Trinajstić information content (AvgIpc) is 3.09. The Hall–Kier alpha value is -2.93. The number of nitrogens with zero attached hydrogens (tertiary/aromatic N) is 1. The molecule has 2 N–H and O–H groups in total. The molecule has 7 heteroatoms.